The van der Waals surface area contributed by atoms with Gasteiger partial charge in [0.25, 0.3) is 0 Å². The predicted molar refractivity (Wildman–Crippen MR) is 209 cm³/mol. The first-order chi connectivity index (χ1) is 24.7. The van der Waals surface area contributed by atoms with Gasteiger partial charge in [-0.1, -0.05) is 63.9 Å². The minimum Gasteiger partial charge on any atom is -0.467 e. The summed E-state index contributed by atoms with van der Waals surface area (Å²) in [6, 6.07) is 9.22. The summed E-state index contributed by atoms with van der Waals surface area (Å²) in [5, 5.41) is 10.1. The fourth-order valence-electron chi connectivity index (χ4n) is 12.1. The molecular weight excluding hydrogens is 633 g/mol. The third kappa shape index (κ3) is 10.2. The first-order valence-electron chi connectivity index (χ1n) is 21.2. The van der Waals surface area contributed by atoms with Crippen LogP contribution in [0.15, 0.2) is 30.3 Å². The molecule has 0 radical (unpaired) electrons. The number of unbranched alkanes of at least 4 members (excludes halogenated alkanes) is 1. The van der Waals surface area contributed by atoms with Crippen molar-refractivity contribution in [1.29, 1.82) is 0 Å². The van der Waals surface area contributed by atoms with Crippen molar-refractivity contribution in [2.24, 2.45) is 58.0 Å². The topological polar surface area (TPSA) is 105 Å². The molecule has 4 aliphatic rings. The van der Waals surface area contributed by atoms with E-state index in [1.165, 1.54) is 90.6 Å². The lowest BCUT2D eigenvalue weighted by molar-refractivity contribution is -0.145. The number of carbonyl (C=O) groups excluding carboxylic acids is 2. The van der Waals surface area contributed by atoms with Gasteiger partial charge in [-0.15, -0.1) is 0 Å². The van der Waals surface area contributed by atoms with Crippen LogP contribution >= 0.6 is 0 Å². The Labute approximate surface area is 311 Å². The normalized spacial score (nSPS) is 32.6. The van der Waals surface area contributed by atoms with E-state index in [9.17, 15) is 9.59 Å². The van der Waals surface area contributed by atoms with E-state index in [0.29, 0.717) is 35.5 Å². The van der Waals surface area contributed by atoms with Crippen LogP contribution < -0.4 is 21.7 Å². The number of rotatable bonds is 20. The molecule has 0 aliphatic heterocycles. The van der Waals surface area contributed by atoms with Gasteiger partial charge in [0.2, 0.25) is 5.91 Å². The number of esters is 1. The van der Waals surface area contributed by atoms with Gasteiger partial charge in [-0.05, 0) is 174 Å². The van der Waals surface area contributed by atoms with Gasteiger partial charge in [0, 0.05) is 12.8 Å². The zero-order valence-corrected chi connectivity index (χ0v) is 32.9. The van der Waals surface area contributed by atoms with Crippen molar-refractivity contribution >= 4 is 11.9 Å². The maximum atomic E-state index is 13.2. The molecule has 51 heavy (non-hydrogen) atoms. The molecule has 0 spiro atoms. The zero-order chi connectivity index (χ0) is 36.3. The molecule has 3 unspecified atom stereocenters. The van der Waals surface area contributed by atoms with Crippen LogP contribution in [0.4, 0.5) is 0 Å². The molecule has 4 fully saturated rings. The molecule has 4 aliphatic carbocycles. The summed E-state index contributed by atoms with van der Waals surface area (Å²) in [5.74, 6) is 5.29. The molecule has 5 N–H and O–H groups in total. The van der Waals surface area contributed by atoms with Crippen molar-refractivity contribution in [3.8, 4) is 0 Å². The maximum absolute atomic E-state index is 13.2. The second-order valence-electron chi connectivity index (χ2n) is 17.9. The van der Waals surface area contributed by atoms with Crippen molar-refractivity contribution < 1.29 is 14.3 Å². The Morgan fingerprint density at radius 3 is 2.31 bits per heavy atom. The van der Waals surface area contributed by atoms with Crippen LogP contribution in [0.25, 0.3) is 0 Å². The molecule has 10 atom stereocenters. The van der Waals surface area contributed by atoms with Gasteiger partial charge in [-0.2, -0.15) is 0 Å². The van der Waals surface area contributed by atoms with Gasteiger partial charge in [-0.3, -0.25) is 4.79 Å². The Balaban J connectivity index is 1.04. The van der Waals surface area contributed by atoms with Crippen LogP contribution in [0.3, 0.4) is 0 Å². The van der Waals surface area contributed by atoms with Crippen molar-refractivity contribution in [1.82, 2.24) is 16.0 Å². The highest BCUT2D eigenvalue weighted by atomic mass is 16.5. The molecule has 4 saturated carbocycles. The Kier molecular flexibility index (Phi) is 15.3. The van der Waals surface area contributed by atoms with Crippen LogP contribution in [0.5, 0.6) is 0 Å². The summed E-state index contributed by atoms with van der Waals surface area (Å²) in [6.07, 6.45) is 20.9. The maximum Gasteiger partial charge on any atom is 0.328 e. The second kappa shape index (κ2) is 19.4. The number of methoxy groups -OCH3 is 1. The number of ether oxygens (including phenoxy) is 1. The fourth-order valence-corrected chi connectivity index (χ4v) is 12.1. The van der Waals surface area contributed by atoms with Gasteiger partial charge in [0.05, 0.1) is 7.11 Å². The number of amides is 1. The van der Waals surface area contributed by atoms with E-state index in [1.807, 2.05) is 30.3 Å². The minimum absolute atomic E-state index is 0.0341. The quantitative estimate of drug-likeness (QED) is 0.0820. The third-order valence-corrected chi connectivity index (χ3v) is 14.9. The summed E-state index contributed by atoms with van der Waals surface area (Å²) in [5.41, 5.74) is 7.52. The van der Waals surface area contributed by atoms with E-state index in [0.717, 1.165) is 80.7 Å². The number of fused-ring (bicyclic) bond motifs is 5. The minimum atomic E-state index is -0.646. The first-order valence-corrected chi connectivity index (χ1v) is 21.2. The van der Waals surface area contributed by atoms with Crippen LogP contribution in [0, 0.1) is 52.3 Å². The highest BCUT2D eigenvalue weighted by Gasteiger charge is 2.60. The standard InChI is InChI=1S/C44H74N4O3/c1-32(15-20-41(49)48-40(42(50)51-4)31-33-12-6-5-7-13-33)37-18-19-38-36-17-16-35-30-34(14-8-9-26-46-28-11-29-47-27-10-25-45)21-23-43(35,2)39(36)22-24-44(37,38)3/h5-7,12-13,32,34-40,46-47H,8-11,14-31,45H2,1-4H3,(H,48,49)/t32-,34+,35-,36?,37-,38?,39?,40-,43+,44-/m1/s1. The van der Waals surface area contributed by atoms with Gasteiger partial charge >= 0.3 is 5.97 Å². The number of nitrogens with two attached hydrogens (primary N) is 1. The Bertz CT molecular complexity index is 1210. The molecular formula is C44H74N4O3. The molecule has 0 saturated heterocycles. The smallest absolute Gasteiger partial charge is 0.328 e. The lowest BCUT2D eigenvalue weighted by atomic mass is 9.44. The SMILES string of the molecule is COC(=O)[C@@H](Cc1ccccc1)NC(=O)CC[C@@H](C)[C@H]1CCC2C3CC[C@@H]4C[C@@H](CCCCNCCCNCCCN)CC[C@]4(C)C3CC[C@@]21C. The van der Waals surface area contributed by atoms with Crippen molar-refractivity contribution in [3.63, 3.8) is 0 Å². The Morgan fingerprint density at radius 1 is 0.863 bits per heavy atom. The molecule has 1 amide bonds. The van der Waals surface area contributed by atoms with Crippen molar-refractivity contribution in [3.05, 3.63) is 35.9 Å². The molecule has 7 nitrogen and oxygen atoms in total. The van der Waals surface area contributed by atoms with E-state index >= 15 is 0 Å². The number of carbonyl (C=O) groups is 2. The monoisotopic (exact) mass is 707 g/mol. The van der Waals surface area contributed by atoms with Crippen LogP contribution in [-0.4, -0.2) is 57.8 Å². The van der Waals surface area contributed by atoms with E-state index in [1.54, 1.807) is 0 Å². The molecule has 0 aromatic heterocycles. The molecule has 0 heterocycles. The lowest BCUT2D eigenvalue weighted by Gasteiger charge is -2.61. The van der Waals surface area contributed by atoms with Crippen molar-refractivity contribution in [2.45, 2.75) is 136 Å². The fraction of sp³-hybridized carbons (Fsp3) is 0.818. The molecule has 1 aromatic rings. The molecule has 0 bridgehead atoms. The van der Waals surface area contributed by atoms with E-state index in [-0.39, 0.29) is 11.9 Å². The van der Waals surface area contributed by atoms with Crippen molar-refractivity contribution in [2.75, 3.05) is 39.8 Å². The van der Waals surface area contributed by atoms with E-state index in [4.69, 9.17) is 10.5 Å². The number of benzene rings is 1. The van der Waals surface area contributed by atoms with E-state index < -0.39 is 6.04 Å². The van der Waals surface area contributed by atoms with Gasteiger partial charge in [-0.25, -0.2) is 4.79 Å². The van der Waals surface area contributed by atoms with Gasteiger partial charge in [0.1, 0.15) is 6.04 Å². The molecule has 5 rings (SSSR count). The molecule has 288 valence electrons. The summed E-state index contributed by atoms with van der Waals surface area (Å²) < 4.78 is 5.04. The Morgan fingerprint density at radius 2 is 1.57 bits per heavy atom. The summed E-state index contributed by atoms with van der Waals surface area (Å²) in [4.78, 5) is 25.7. The third-order valence-electron chi connectivity index (χ3n) is 14.9. The number of hydrogen-bond acceptors (Lipinski definition) is 6. The van der Waals surface area contributed by atoms with Crippen LogP contribution in [0.2, 0.25) is 0 Å². The lowest BCUT2D eigenvalue weighted by Crippen LogP contribution is -2.53. The largest absolute Gasteiger partial charge is 0.467 e. The number of nitrogens with one attached hydrogen (secondary N) is 3. The van der Waals surface area contributed by atoms with Gasteiger partial charge < -0.3 is 26.4 Å². The zero-order valence-electron chi connectivity index (χ0n) is 32.9. The first kappa shape index (κ1) is 40.2. The van der Waals surface area contributed by atoms with Crippen LogP contribution in [-0.2, 0) is 20.7 Å². The summed E-state index contributed by atoms with van der Waals surface area (Å²) in [7, 11) is 1.40. The molecule has 1 aromatic carbocycles. The van der Waals surface area contributed by atoms with E-state index in [2.05, 4.69) is 36.7 Å². The predicted octanol–water partition coefficient (Wildman–Crippen LogP) is 7.67. The van der Waals surface area contributed by atoms with Crippen LogP contribution in [0.1, 0.15) is 129 Å². The average Bonchev–Trinajstić information content (AvgIpc) is 3.50. The highest BCUT2D eigenvalue weighted by molar-refractivity contribution is 5.84. The average molecular weight is 707 g/mol. The highest BCUT2D eigenvalue weighted by Crippen LogP contribution is 2.68. The molecule has 7 heteroatoms. The summed E-state index contributed by atoms with van der Waals surface area (Å²) in [6.45, 7) is 12.9. The van der Waals surface area contributed by atoms with Gasteiger partial charge in [0.15, 0.2) is 0 Å². The summed E-state index contributed by atoms with van der Waals surface area (Å²) >= 11 is 0. The Hall–Kier alpha value is -1.96. The second-order valence-corrected chi connectivity index (χ2v) is 17.9. The number of hydrogen-bond donors (Lipinski definition) is 4.